The van der Waals surface area contributed by atoms with Crippen LogP contribution in [0, 0.1) is 11.8 Å². The van der Waals surface area contributed by atoms with Crippen molar-refractivity contribution in [3.63, 3.8) is 0 Å². The lowest BCUT2D eigenvalue weighted by atomic mass is 9.88. The van der Waals surface area contributed by atoms with Crippen molar-refractivity contribution < 1.29 is 9.59 Å². The number of hydrogen-bond donors (Lipinski definition) is 2. The number of piperidine rings is 1. The fourth-order valence-electron chi connectivity index (χ4n) is 4.27. The minimum absolute atomic E-state index is 0.0715. The first kappa shape index (κ1) is 20.7. The van der Waals surface area contributed by atoms with Gasteiger partial charge in [-0.05, 0) is 63.6 Å². The average Bonchev–Trinajstić information content (AvgIpc) is 2.69. The van der Waals surface area contributed by atoms with E-state index in [1.54, 1.807) is 0 Å². The van der Waals surface area contributed by atoms with Gasteiger partial charge in [0.05, 0.1) is 5.56 Å². The van der Waals surface area contributed by atoms with Gasteiger partial charge in [0.2, 0.25) is 5.91 Å². The van der Waals surface area contributed by atoms with Crippen molar-refractivity contribution in [2.75, 3.05) is 23.3 Å². The minimum atomic E-state index is -0.0719. The van der Waals surface area contributed by atoms with E-state index in [4.69, 9.17) is 0 Å². The van der Waals surface area contributed by atoms with Gasteiger partial charge in [0.25, 0.3) is 5.91 Å². The number of amides is 2. The van der Waals surface area contributed by atoms with Crippen LogP contribution in [-0.2, 0) is 4.79 Å². The van der Waals surface area contributed by atoms with Crippen LogP contribution in [0.4, 0.5) is 11.4 Å². The fourth-order valence-corrected chi connectivity index (χ4v) is 4.27. The summed E-state index contributed by atoms with van der Waals surface area (Å²) in [6, 6.07) is 5.87. The van der Waals surface area contributed by atoms with Crippen LogP contribution in [0.5, 0.6) is 0 Å². The molecule has 1 heterocycles. The first-order valence-electron chi connectivity index (χ1n) is 10.9. The smallest absolute Gasteiger partial charge is 0.253 e. The molecule has 154 valence electrons. The second kappa shape index (κ2) is 9.44. The van der Waals surface area contributed by atoms with E-state index in [1.807, 2.05) is 32.0 Å². The molecule has 28 heavy (non-hydrogen) atoms. The number of carbonyl (C=O) groups is 2. The maximum absolute atomic E-state index is 12.9. The van der Waals surface area contributed by atoms with Crippen molar-refractivity contribution in [2.24, 2.45) is 11.8 Å². The maximum atomic E-state index is 12.9. The molecule has 0 unspecified atom stereocenters. The Bertz CT molecular complexity index is 687. The third kappa shape index (κ3) is 5.27. The van der Waals surface area contributed by atoms with E-state index in [0.717, 1.165) is 68.9 Å². The third-order valence-electron chi connectivity index (χ3n) is 6.03. The summed E-state index contributed by atoms with van der Waals surface area (Å²) in [6.07, 6.45) is 7.72. The number of hydrogen-bond acceptors (Lipinski definition) is 3. The zero-order valence-corrected chi connectivity index (χ0v) is 17.6. The largest absolute Gasteiger partial charge is 0.371 e. The summed E-state index contributed by atoms with van der Waals surface area (Å²) in [4.78, 5) is 27.8. The molecule has 3 rings (SSSR count). The molecule has 1 aromatic rings. The molecular weight excluding hydrogens is 350 g/mol. The molecule has 5 heteroatoms. The molecule has 2 aliphatic rings. The van der Waals surface area contributed by atoms with Crippen LogP contribution in [0.25, 0.3) is 0 Å². The van der Waals surface area contributed by atoms with Gasteiger partial charge < -0.3 is 15.5 Å². The summed E-state index contributed by atoms with van der Waals surface area (Å²) in [6.45, 7) is 8.16. The Hall–Kier alpha value is -2.04. The Morgan fingerprint density at radius 3 is 2.36 bits per heavy atom. The summed E-state index contributed by atoms with van der Waals surface area (Å²) in [5, 5.41) is 6.07. The highest BCUT2D eigenvalue weighted by Gasteiger charge is 2.24. The molecule has 2 fully saturated rings. The highest BCUT2D eigenvalue weighted by atomic mass is 16.2. The normalized spacial score (nSPS) is 18.9. The van der Waals surface area contributed by atoms with Crippen molar-refractivity contribution in [1.29, 1.82) is 0 Å². The molecule has 1 aliphatic heterocycles. The molecule has 0 bridgehead atoms. The maximum Gasteiger partial charge on any atom is 0.253 e. The minimum Gasteiger partial charge on any atom is -0.371 e. The van der Waals surface area contributed by atoms with E-state index in [0.29, 0.717) is 5.56 Å². The molecule has 2 amide bonds. The third-order valence-corrected chi connectivity index (χ3v) is 6.03. The summed E-state index contributed by atoms with van der Waals surface area (Å²) in [5.74, 6) is 0.857. The van der Waals surface area contributed by atoms with Gasteiger partial charge in [-0.1, -0.05) is 26.2 Å². The van der Waals surface area contributed by atoms with E-state index in [2.05, 4.69) is 22.5 Å². The Morgan fingerprint density at radius 1 is 1.04 bits per heavy atom. The molecule has 1 aromatic carbocycles. The Labute approximate surface area is 169 Å². The predicted octanol–water partition coefficient (Wildman–Crippen LogP) is 4.58. The van der Waals surface area contributed by atoms with E-state index in [9.17, 15) is 9.59 Å². The molecule has 2 N–H and O–H groups in total. The standard InChI is InChI=1S/C23H35N3O2/c1-16(2)24-23(28)20-15-19(25-22(27)18-7-5-4-6-8-18)9-10-21(20)26-13-11-17(3)12-14-26/h9-10,15-18H,4-8,11-14H2,1-3H3,(H,24,28)(H,25,27). The second-order valence-corrected chi connectivity index (χ2v) is 8.85. The number of nitrogens with zero attached hydrogens (tertiary/aromatic N) is 1. The van der Waals surface area contributed by atoms with Crippen molar-refractivity contribution in [3.8, 4) is 0 Å². The van der Waals surface area contributed by atoms with Crippen molar-refractivity contribution in [1.82, 2.24) is 5.32 Å². The lowest BCUT2D eigenvalue weighted by Gasteiger charge is -2.33. The van der Waals surface area contributed by atoms with Crippen LogP contribution < -0.4 is 15.5 Å². The molecule has 0 aromatic heterocycles. The van der Waals surface area contributed by atoms with Gasteiger partial charge in [0, 0.05) is 36.4 Å². The predicted molar refractivity (Wildman–Crippen MR) is 115 cm³/mol. The number of nitrogens with one attached hydrogen (secondary N) is 2. The van der Waals surface area contributed by atoms with E-state index >= 15 is 0 Å². The fraction of sp³-hybridized carbons (Fsp3) is 0.652. The Balaban J connectivity index is 1.80. The molecule has 0 spiro atoms. The monoisotopic (exact) mass is 385 g/mol. The van der Waals surface area contributed by atoms with Gasteiger partial charge in [0.15, 0.2) is 0 Å². The first-order chi connectivity index (χ1) is 13.4. The summed E-state index contributed by atoms with van der Waals surface area (Å²) >= 11 is 0. The summed E-state index contributed by atoms with van der Waals surface area (Å²) in [7, 11) is 0. The molecule has 1 saturated carbocycles. The molecular formula is C23H35N3O2. The Morgan fingerprint density at radius 2 is 1.71 bits per heavy atom. The zero-order valence-electron chi connectivity index (χ0n) is 17.6. The molecule has 0 atom stereocenters. The summed E-state index contributed by atoms with van der Waals surface area (Å²) < 4.78 is 0. The number of rotatable bonds is 5. The zero-order chi connectivity index (χ0) is 20.1. The van der Waals surface area contributed by atoms with E-state index < -0.39 is 0 Å². The van der Waals surface area contributed by atoms with Crippen molar-refractivity contribution in [2.45, 2.75) is 71.8 Å². The van der Waals surface area contributed by atoms with Gasteiger partial charge in [-0.25, -0.2) is 0 Å². The molecule has 1 aliphatic carbocycles. The SMILES string of the molecule is CC1CCN(c2ccc(NC(=O)C3CCCCC3)cc2C(=O)NC(C)C)CC1. The van der Waals surface area contributed by atoms with Crippen LogP contribution in [0.2, 0.25) is 0 Å². The summed E-state index contributed by atoms with van der Waals surface area (Å²) in [5.41, 5.74) is 2.35. The van der Waals surface area contributed by atoms with Crippen molar-refractivity contribution >= 4 is 23.2 Å². The van der Waals surface area contributed by atoms with Crippen LogP contribution in [-0.4, -0.2) is 30.9 Å². The van der Waals surface area contributed by atoms with Crippen LogP contribution >= 0.6 is 0 Å². The van der Waals surface area contributed by atoms with Gasteiger partial charge in [-0.3, -0.25) is 9.59 Å². The number of benzene rings is 1. The van der Waals surface area contributed by atoms with Gasteiger partial charge in [-0.15, -0.1) is 0 Å². The van der Waals surface area contributed by atoms with Crippen LogP contribution in [0.1, 0.15) is 76.1 Å². The van der Waals surface area contributed by atoms with E-state index in [1.165, 1.54) is 6.42 Å². The lowest BCUT2D eigenvalue weighted by Crippen LogP contribution is -2.36. The van der Waals surface area contributed by atoms with Crippen molar-refractivity contribution in [3.05, 3.63) is 23.8 Å². The number of anilines is 2. The lowest BCUT2D eigenvalue weighted by molar-refractivity contribution is -0.120. The van der Waals surface area contributed by atoms with Gasteiger partial charge in [0.1, 0.15) is 0 Å². The highest BCUT2D eigenvalue weighted by molar-refractivity contribution is 6.02. The first-order valence-corrected chi connectivity index (χ1v) is 10.9. The Kier molecular flexibility index (Phi) is 6.97. The van der Waals surface area contributed by atoms with Gasteiger partial charge in [-0.2, -0.15) is 0 Å². The second-order valence-electron chi connectivity index (χ2n) is 8.85. The van der Waals surface area contributed by atoms with Crippen LogP contribution in [0.15, 0.2) is 18.2 Å². The average molecular weight is 386 g/mol. The quantitative estimate of drug-likeness (QED) is 0.780. The molecule has 5 nitrogen and oxygen atoms in total. The van der Waals surface area contributed by atoms with Crippen LogP contribution in [0.3, 0.4) is 0 Å². The van der Waals surface area contributed by atoms with Gasteiger partial charge >= 0.3 is 0 Å². The highest BCUT2D eigenvalue weighted by Crippen LogP contribution is 2.30. The number of carbonyl (C=O) groups excluding carboxylic acids is 2. The molecule has 1 saturated heterocycles. The topological polar surface area (TPSA) is 61.4 Å². The van der Waals surface area contributed by atoms with E-state index in [-0.39, 0.29) is 23.8 Å². The molecule has 0 radical (unpaired) electrons.